The maximum atomic E-state index is 13.6. The molecule has 0 bridgehead atoms. The summed E-state index contributed by atoms with van der Waals surface area (Å²) in [7, 11) is 0. The summed E-state index contributed by atoms with van der Waals surface area (Å²) in [6, 6.07) is 13.5. The SMILES string of the molecule is CC(C)(C(=O)O)c1ccc(-c2ccccc2F)cc1. The van der Waals surface area contributed by atoms with E-state index in [0.29, 0.717) is 11.1 Å². The Morgan fingerprint density at radius 2 is 1.63 bits per heavy atom. The van der Waals surface area contributed by atoms with E-state index >= 15 is 0 Å². The van der Waals surface area contributed by atoms with Gasteiger partial charge in [0.05, 0.1) is 5.41 Å². The van der Waals surface area contributed by atoms with Gasteiger partial charge in [-0.05, 0) is 31.0 Å². The van der Waals surface area contributed by atoms with E-state index in [2.05, 4.69) is 0 Å². The predicted octanol–water partition coefficient (Wildman–Crippen LogP) is 3.85. The van der Waals surface area contributed by atoms with Crippen molar-refractivity contribution < 1.29 is 14.3 Å². The topological polar surface area (TPSA) is 37.3 Å². The molecule has 19 heavy (non-hydrogen) atoms. The van der Waals surface area contributed by atoms with Gasteiger partial charge < -0.3 is 5.11 Å². The lowest BCUT2D eigenvalue weighted by Crippen LogP contribution is -2.28. The zero-order valence-electron chi connectivity index (χ0n) is 10.9. The maximum Gasteiger partial charge on any atom is 0.313 e. The van der Waals surface area contributed by atoms with Gasteiger partial charge in [0.1, 0.15) is 5.82 Å². The summed E-state index contributed by atoms with van der Waals surface area (Å²) in [4.78, 5) is 11.2. The number of carbonyl (C=O) groups is 1. The van der Waals surface area contributed by atoms with E-state index < -0.39 is 11.4 Å². The fourth-order valence-electron chi connectivity index (χ4n) is 1.89. The Balaban J connectivity index is 2.40. The molecule has 0 saturated carbocycles. The second kappa shape index (κ2) is 4.84. The van der Waals surface area contributed by atoms with Crippen molar-refractivity contribution in [2.45, 2.75) is 19.3 Å². The van der Waals surface area contributed by atoms with Crippen molar-refractivity contribution >= 4 is 5.97 Å². The van der Waals surface area contributed by atoms with Gasteiger partial charge in [0.2, 0.25) is 0 Å². The highest BCUT2D eigenvalue weighted by molar-refractivity contribution is 5.80. The van der Waals surface area contributed by atoms with Gasteiger partial charge in [0, 0.05) is 5.56 Å². The summed E-state index contributed by atoms with van der Waals surface area (Å²) < 4.78 is 13.6. The van der Waals surface area contributed by atoms with Crippen LogP contribution in [-0.2, 0) is 10.2 Å². The molecule has 98 valence electrons. The fourth-order valence-corrected chi connectivity index (χ4v) is 1.89. The monoisotopic (exact) mass is 258 g/mol. The molecule has 0 amide bonds. The lowest BCUT2D eigenvalue weighted by Gasteiger charge is -2.19. The Morgan fingerprint density at radius 3 is 2.16 bits per heavy atom. The van der Waals surface area contributed by atoms with Crippen LogP contribution in [0.4, 0.5) is 4.39 Å². The van der Waals surface area contributed by atoms with Crippen molar-refractivity contribution in [1.29, 1.82) is 0 Å². The summed E-state index contributed by atoms with van der Waals surface area (Å²) in [5.74, 6) is -1.17. The number of aliphatic carboxylic acids is 1. The molecule has 2 aromatic rings. The van der Waals surface area contributed by atoms with Crippen LogP contribution in [0.25, 0.3) is 11.1 Å². The first-order valence-corrected chi connectivity index (χ1v) is 6.02. The van der Waals surface area contributed by atoms with Gasteiger partial charge in [0.25, 0.3) is 0 Å². The van der Waals surface area contributed by atoms with Gasteiger partial charge in [-0.2, -0.15) is 0 Å². The first-order chi connectivity index (χ1) is 8.93. The van der Waals surface area contributed by atoms with Crippen molar-refractivity contribution in [3.05, 3.63) is 59.9 Å². The molecule has 0 heterocycles. The Labute approximate surface area is 111 Å². The molecule has 0 spiro atoms. The third-order valence-electron chi connectivity index (χ3n) is 3.33. The van der Waals surface area contributed by atoms with Gasteiger partial charge in [-0.1, -0.05) is 42.5 Å². The largest absolute Gasteiger partial charge is 0.481 e. The average molecular weight is 258 g/mol. The summed E-state index contributed by atoms with van der Waals surface area (Å²) in [5, 5.41) is 9.17. The highest BCUT2D eigenvalue weighted by Crippen LogP contribution is 2.28. The van der Waals surface area contributed by atoms with E-state index in [-0.39, 0.29) is 5.82 Å². The highest BCUT2D eigenvalue weighted by atomic mass is 19.1. The molecule has 2 aromatic carbocycles. The first kappa shape index (κ1) is 13.3. The van der Waals surface area contributed by atoms with Crippen LogP contribution in [0.5, 0.6) is 0 Å². The van der Waals surface area contributed by atoms with Gasteiger partial charge in [0.15, 0.2) is 0 Å². The molecule has 0 atom stereocenters. The summed E-state index contributed by atoms with van der Waals surface area (Å²) in [6.45, 7) is 3.29. The number of carboxylic acids is 1. The van der Waals surface area contributed by atoms with Crippen LogP contribution in [0.2, 0.25) is 0 Å². The zero-order chi connectivity index (χ0) is 14.0. The number of hydrogen-bond donors (Lipinski definition) is 1. The molecule has 0 saturated heterocycles. The van der Waals surface area contributed by atoms with Gasteiger partial charge in [-0.15, -0.1) is 0 Å². The molecule has 0 aliphatic rings. The summed E-state index contributed by atoms with van der Waals surface area (Å²) >= 11 is 0. The molecule has 0 aromatic heterocycles. The van der Waals surface area contributed by atoms with Crippen LogP contribution >= 0.6 is 0 Å². The molecule has 2 nitrogen and oxygen atoms in total. The lowest BCUT2D eigenvalue weighted by atomic mass is 9.84. The minimum absolute atomic E-state index is 0.284. The third kappa shape index (κ3) is 2.50. The van der Waals surface area contributed by atoms with Crippen LogP contribution in [-0.4, -0.2) is 11.1 Å². The van der Waals surface area contributed by atoms with E-state index in [0.717, 1.165) is 5.56 Å². The minimum Gasteiger partial charge on any atom is -0.481 e. The van der Waals surface area contributed by atoms with Gasteiger partial charge in [-0.3, -0.25) is 4.79 Å². The van der Waals surface area contributed by atoms with Crippen molar-refractivity contribution in [1.82, 2.24) is 0 Å². The number of benzene rings is 2. The minimum atomic E-state index is -0.951. The van der Waals surface area contributed by atoms with Crippen LogP contribution in [0.3, 0.4) is 0 Å². The second-order valence-corrected chi connectivity index (χ2v) is 4.99. The fraction of sp³-hybridized carbons (Fsp3) is 0.188. The molecule has 0 radical (unpaired) electrons. The number of hydrogen-bond acceptors (Lipinski definition) is 1. The molecular formula is C16H15FO2. The Hall–Kier alpha value is -2.16. The highest BCUT2D eigenvalue weighted by Gasteiger charge is 2.29. The van der Waals surface area contributed by atoms with Gasteiger partial charge in [-0.25, -0.2) is 4.39 Å². The molecule has 0 aliphatic carbocycles. The van der Waals surface area contributed by atoms with Crippen LogP contribution < -0.4 is 0 Å². The van der Waals surface area contributed by atoms with E-state index in [1.807, 2.05) is 0 Å². The Morgan fingerprint density at radius 1 is 1.05 bits per heavy atom. The molecule has 0 fully saturated rings. The van der Waals surface area contributed by atoms with Crippen molar-refractivity contribution in [3.8, 4) is 11.1 Å². The molecule has 1 N–H and O–H groups in total. The summed E-state index contributed by atoms with van der Waals surface area (Å²) in [5.41, 5.74) is 0.999. The standard InChI is InChI=1S/C16H15FO2/c1-16(2,15(18)19)12-9-7-11(8-10-12)13-5-3-4-6-14(13)17/h3-10H,1-2H3,(H,18,19). The zero-order valence-corrected chi connectivity index (χ0v) is 10.9. The van der Waals surface area contributed by atoms with E-state index in [1.165, 1.54) is 6.07 Å². The Bertz CT molecular complexity index is 600. The predicted molar refractivity (Wildman–Crippen MR) is 72.5 cm³/mol. The number of carboxylic acid groups (broad SMARTS) is 1. The van der Waals surface area contributed by atoms with Crippen molar-refractivity contribution in [3.63, 3.8) is 0 Å². The van der Waals surface area contributed by atoms with Crippen molar-refractivity contribution in [2.24, 2.45) is 0 Å². The van der Waals surface area contributed by atoms with Crippen LogP contribution in [0.15, 0.2) is 48.5 Å². The molecule has 2 rings (SSSR count). The number of rotatable bonds is 3. The normalized spacial score (nSPS) is 11.3. The van der Waals surface area contributed by atoms with E-state index in [9.17, 15) is 9.18 Å². The van der Waals surface area contributed by atoms with Gasteiger partial charge >= 0.3 is 5.97 Å². The summed E-state index contributed by atoms with van der Waals surface area (Å²) in [6.07, 6.45) is 0. The van der Waals surface area contributed by atoms with E-state index in [4.69, 9.17) is 5.11 Å². The molecular weight excluding hydrogens is 243 g/mol. The lowest BCUT2D eigenvalue weighted by molar-refractivity contribution is -0.142. The Kier molecular flexibility index (Phi) is 3.38. The second-order valence-electron chi connectivity index (χ2n) is 4.99. The van der Waals surface area contributed by atoms with E-state index in [1.54, 1.807) is 56.3 Å². The molecule has 0 aliphatic heterocycles. The molecule has 0 unspecified atom stereocenters. The average Bonchev–Trinajstić information content (AvgIpc) is 2.39. The van der Waals surface area contributed by atoms with Crippen molar-refractivity contribution in [2.75, 3.05) is 0 Å². The number of halogens is 1. The van der Waals surface area contributed by atoms with Crippen LogP contribution in [0.1, 0.15) is 19.4 Å². The smallest absolute Gasteiger partial charge is 0.313 e. The first-order valence-electron chi connectivity index (χ1n) is 6.02. The quantitative estimate of drug-likeness (QED) is 0.907. The maximum absolute atomic E-state index is 13.6. The van der Waals surface area contributed by atoms with Crippen LogP contribution in [0, 0.1) is 5.82 Å². The molecule has 3 heteroatoms. The third-order valence-corrected chi connectivity index (χ3v) is 3.33.